The average Bonchev–Trinajstić information content (AvgIpc) is 2.73. The molecule has 3 aromatic rings. The Kier molecular flexibility index (Phi) is 7.20. The standard InChI is InChI=1S/C24H24FNO4S/c1-17-5-15-22(16-6-17)31(29,30)26-24(20-11-13-21(25)14-12-20)19-9-7-18(8-10-19)3-2-4-23(27)28/h5-16,24,26H,2-4H2,1H3,(H,27,28). The van der Waals surface area contributed by atoms with Crippen LogP contribution in [0.2, 0.25) is 0 Å². The van der Waals surface area contributed by atoms with Crippen molar-refractivity contribution in [1.29, 1.82) is 0 Å². The summed E-state index contributed by atoms with van der Waals surface area (Å²) in [4.78, 5) is 10.8. The van der Waals surface area contributed by atoms with Crippen LogP contribution in [0, 0.1) is 12.7 Å². The molecule has 5 nitrogen and oxygen atoms in total. The molecule has 3 rings (SSSR count). The molecule has 1 unspecified atom stereocenters. The maximum absolute atomic E-state index is 13.4. The van der Waals surface area contributed by atoms with E-state index in [0.29, 0.717) is 24.0 Å². The molecule has 3 aromatic carbocycles. The maximum atomic E-state index is 13.4. The summed E-state index contributed by atoms with van der Waals surface area (Å²) in [5.74, 6) is -1.24. The van der Waals surface area contributed by atoms with Crippen molar-refractivity contribution in [2.24, 2.45) is 0 Å². The van der Waals surface area contributed by atoms with Gasteiger partial charge in [0, 0.05) is 6.42 Å². The van der Waals surface area contributed by atoms with Gasteiger partial charge in [-0.3, -0.25) is 4.79 Å². The number of rotatable bonds is 9. The highest BCUT2D eigenvalue weighted by atomic mass is 32.2. The van der Waals surface area contributed by atoms with E-state index in [0.717, 1.165) is 11.1 Å². The lowest BCUT2D eigenvalue weighted by molar-refractivity contribution is -0.137. The molecule has 7 heteroatoms. The summed E-state index contributed by atoms with van der Waals surface area (Å²) in [6.45, 7) is 1.88. The highest BCUT2D eigenvalue weighted by molar-refractivity contribution is 7.89. The van der Waals surface area contributed by atoms with Crippen LogP contribution in [0.15, 0.2) is 77.7 Å². The number of benzene rings is 3. The van der Waals surface area contributed by atoms with Crippen LogP contribution in [0.1, 0.15) is 41.1 Å². The summed E-state index contributed by atoms with van der Waals surface area (Å²) < 4.78 is 42.2. The molecule has 0 aliphatic heterocycles. The van der Waals surface area contributed by atoms with E-state index in [1.54, 1.807) is 36.4 Å². The number of carbonyl (C=O) groups is 1. The summed E-state index contributed by atoms with van der Waals surface area (Å²) in [5, 5.41) is 8.78. The smallest absolute Gasteiger partial charge is 0.303 e. The van der Waals surface area contributed by atoms with Gasteiger partial charge < -0.3 is 5.11 Å². The average molecular weight is 442 g/mol. The Morgan fingerprint density at radius 2 is 1.48 bits per heavy atom. The minimum absolute atomic E-state index is 0.0936. The predicted molar refractivity (Wildman–Crippen MR) is 117 cm³/mol. The monoisotopic (exact) mass is 441 g/mol. The van der Waals surface area contributed by atoms with Crippen molar-refractivity contribution in [3.63, 3.8) is 0 Å². The Labute approximate surface area is 181 Å². The van der Waals surface area contributed by atoms with Gasteiger partial charge in [0.25, 0.3) is 0 Å². The van der Waals surface area contributed by atoms with Crippen molar-refractivity contribution in [3.8, 4) is 0 Å². The highest BCUT2D eigenvalue weighted by Crippen LogP contribution is 2.26. The largest absolute Gasteiger partial charge is 0.481 e. The molecule has 2 N–H and O–H groups in total. The number of halogens is 1. The molecule has 31 heavy (non-hydrogen) atoms. The first-order valence-electron chi connectivity index (χ1n) is 9.90. The van der Waals surface area contributed by atoms with Crippen LogP contribution in [-0.4, -0.2) is 19.5 Å². The Hall–Kier alpha value is -3.03. The lowest BCUT2D eigenvalue weighted by Crippen LogP contribution is -2.29. The lowest BCUT2D eigenvalue weighted by atomic mass is 9.97. The fraction of sp³-hybridized carbons (Fsp3) is 0.208. The third kappa shape index (κ3) is 6.23. The van der Waals surface area contributed by atoms with Crippen molar-refractivity contribution in [2.45, 2.75) is 37.1 Å². The van der Waals surface area contributed by atoms with E-state index < -0.39 is 27.9 Å². The number of carboxylic acid groups (broad SMARTS) is 1. The molecule has 0 heterocycles. The highest BCUT2D eigenvalue weighted by Gasteiger charge is 2.23. The second kappa shape index (κ2) is 9.85. The van der Waals surface area contributed by atoms with Crippen molar-refractivity contribution >= 4 is 16.0 Å². The Morgan fingerprint density at radius 3 is 2.03 bits per heavy atom. The predicted octanol–water partition coefficient (Wildman–Crippen LogP) is 4.61. The van der Waals surface area contributed by atoms with Gasteiger partial charge in [0.15, 0.2) is 0 Å². The molecule has 0 radical (unpaired) electrons. The molecule has 0 aromatic heterocycles. The van der Waals surface area contributed by atoms with Crippen molar-refractivity contribution in [2.75, 3.05) is 0 Å². The van der Waals surface area contributed by atoms with Crippen molar-refractivity contribution in [3.05, 3.63) is 101 Å². The van der Waals surface area contributed by atoms with E-state index in [9.17, 15) is 17.6 Å². The summed E-state index contributed by atoms with van der Waals surface area (Å²) >= 11 is 0. The van der Waals surface area contributed by atoms with E-state index in [-0.39, 0.29) is 11.3 Å². The molecule has 1 atom stereocenters. The number of nitrogens with one attached hydrogen (secondary N) is 1. The van der Waals surface area contributed by atoms with Crippen LogP contribution >= 0.6 is 0 Å². The molecule has 0 aliphatic rings. The van der Waals surface area contributed by atoms with Gasteiger partial charge in [0.05, 0.1) is 10.9 Å². The number of carboxylic acids is 1. The molecule has 0 aliphatic carbocycles. The topological polar surface area (TPSA) is 83.5 Å². The summed E-state index contributed by atoms with van der Waals surface area (Å²) in [6.07, 6.45) is 1.23. The van der Waals surface area contributed by atoms with Crippen LogP contribution in [0.3, 0.4) is 0 Å². The zero-order valence-corrected chi connectivity index (χ0v) is 17.9. The van der Waals surface area contributed by atoms with E-state index in [4.69, 9.17) is 5.11 Å². The Bertz CT molecular complexity index is 1130. The summed E-state index contributed by atoms with van der Waals surface area (Å²) in [6, 6.07) is 18.9. The molecule has 0 spiro atoms. The van der Waals surface area contributed by atoms with Gasteiger partial charge in [0.1, 0.15) is 5.82 Å². The van der Waals surface area contributed by atoms with Gasteiger partial charge >= 0.3 is 5.97 Å². The first-order chi connectivity index (χ1) is 14.7. The van der Waals surface area contributed by atoms with E-state index in [1.165, 1.54) is 12.1 Å². The van der Waals surface area contributed by atoms with E-state index >= 15 is 0 Å². The summed E-state index contributed by atoms with van der Waals surface area (Å²) in [7, 11) is -3.83. The molecule has 0 saturated carbocycles. The molecular weight excluding hydrogens is 417 g/mol. The van der Waals surface area contributed by atoms with Gasteiger partial charge in [0.2, 0.25) is 10.0 Å². The van der Waals surface area contributed by atoms with Crippen LogP contribution in [0.4, 0.5) is 4.39 Å². The zero-order valence-electron chi connectivity index (χ0n) is 17.1. The first kappa shape index (κ1) is 22.7. The zero-order chi connectivity index (χ0) is 22.4. The minimum Gasteiger partial charge on any atom is -0.481 e. The van der Waals surface area contributed by atoms with Crippen LogP contribution < -0.4 is 4.72 Å². The van der Waals surface area contributed by atoms with Crippen molar-refractivity contribution < 1.29 is 22.7 Å². The number of hydrogen-bond acceptors (Lipinski definition) is 3. The molecule has 162 valence electrons. The number of hydrogen-bond donors (Lipinski definition) is 2. The molecule has 0 amide bonds. The van der Waals surface area contributed by atoms with Gasteiger partial charge in [-0.25, -0.2) is 12.8 Å². The Morgan fingerprint density at radius 1 is 0.935 bits per heavy atom. The number of sulfonamides is 1. The van der Waals surface area contributed by atoms with Crippen LogP contribution in [0.5, 0.6) is 0 Å². The summed E-state index contributed by atoms with van der Waals surface area (Å²) in [5.41, 5.74) is 3.22. The quantitative estimate of drug-likeness (QED) is 0.508. The van der Waals surface area contributed by atoms with Crippen LogP contribution in [-0.2, 0) is 21.2 Å². The van der Waals surface area contributed by atoms with Crippen molar-refractivity contribution in [1.82, 2.24) is 4.72 Å². The minimum atomic E-state index is -3.83. The Balaban J connectivity index is 1.89. The number of aryl methyl sites for hydroxylation is 2. The third-order valence-electron chi connectivity index (χ3n) is 4.98. The van der Waals surface area contributed by atoms with E-state index in [1.807, 2.05) is 31.2 Å². The SMILES string of the molecule is Cc1ccc(S(=O)(=O)NC(c2ccc(F)cc2)c2ccc(CCCC(=O)O)cc2)cc1. The van der Waals surface area contributed by atoms with Gasteiger partial charge in [-0.15, -0.1) is 0 Å². The van der Waals surface area contributed by atoms with Gasteiger partial charge in [-0.05, 0) is 60.7 Å². The third-order valence-corrected chi connectivity index (χ3v) is 6.42. The van der Waals surface area contributed by atoms with E-state index in [2.05, 4.69) is 4.72 Å². The fourth-order valence-corrected chi connectivity index (χ4v) is 4.46. The second-order valence-electron chi connectivity index (χ2n) is 7.41. The number of aliphatic carboxylic acids is 1. The molecule has 0 saturated heterocycles. The first-order valence-corrected chi connectivity index (χ1v) is 11.4. The van der Waals surface area contributed by atoms with Gasteiger partial charge in [-0.2, -0.15) is 4.72 Å². The normalized spacial score (nSPS) is 12.5. The lowest BCUT2D eigenvalue weighted by Gasteiger charge is -2.20. The fourth-order valence-electron chi connectivity index (χ4n) is 3.24. The maximum Gasteiger partial charge on any atom is 0.303 e. The second-order valence-corrected chi connectivity index (χ2v) is 9.12. The molecule has 0 bridgehead atoms. The molecule has 0 fully saturated rings. The van der Waals surface area contributed by atoms with Crippen LogP contribution in [0.25, 0.3) is 0 Å². The van der Waals surface area contributed by atoms with Gasteiger partial charge in [-0.1, -0.05) is 54.1 Å². The molecular formula is C24H24FNO4S.